The van der Waals surface area contributed by atoms with Crippen LogP contribution in [0.2, 0.25) is 5.02 Å². The van der Waals surface area contributed by atoms with Gasteiger partial charge >= 0.3 is 6.18 Å². The van der Waals surface area contributed by atoms with Crippen molar-refractivity contribution >= 4 is 27.3 Å². The third-order valence-electron chi connectivity index (χ3n) is 4.52. The Hall–Kier alpha value is -1.28. The van der Waals surface area contributed by atoms with Crippen LogP contribution in [0, 0.1) is 0 Å². The Bertz CT molecular complexity index is 779. The van der Waals surface area contributed by atoms with Crippen LogP contribution in [0.1, 0.15) is 43.0 Å². The van der Waals surface area contributed by atoms with Gasteiger partial charge in [-0.2, -0.15) is 13.2 Å². The van der Waals surface area contributed by atoms with E-state index in [1.807, 2.05) is 0 Å². The molecule has 1 amide bonds. The van der Waals surface area contributed by atoms with Crippen LogP contribution in [0.25, 0.3) is 0 Å². The van der Waals surface area contributed by atoms with Crippen molar-refractivity contribution in [3.63, 3.8) is 0 Å². The van der Waals surface area contributed by atoms with Gasteiger partial charge < -0.3 is 4.90 Å². The van der Waals surface area contributed by atoms with Crippen LogP contribution in [-0.4, -0.2) is 43.7 Å². The molecule has 0 unspecified atom stereocenters. The smallest absolute Gasteiger partial charge is 0.324 e. The minimum Gasteiger partial charge on any atom is -0.324 e. The molecule has 1 aliphatic rings. The summed E-state index contributed by atoms with van der Waals surface area (Å²) in [5, 5.41) is -0.0723. The molecule has 4 nitrogen and oxygen atoms in total. The van der Waals surface area contributed by atoms with Crippen molar-refractivity contribution in [1.29, 1.82) is 0 Å². The molecule has 1 atom stereocenters. The lowest BCUT2D eigenvalue weighted by Gasteiger charge is -2.40. The van der Waals surface area contributed by atoms with Crippen LogP contribution >= 0.6 is 11.6 Å². The standard InChI is InChI=1S/C16H19ClF3NO3S/c1-3-7-15(16(18,19)20)8-4-9-21(15)14(22)12-10-11(25(2,23)24)5-6-13(12)17/h5-6,10H,3-4,7-9H2,1-2H3/t15-/m0/s1. The lowest BCUT2D eigenvalue weighted by atomic mass is 9.89. The summed E-state index contributed by atoms with van der Waals surface area (Å²) in [4.78, 5) is 13.5. The Morgan fingerprint density at radius 2 is 2.00 bits per heavy atom. The molecule has 140 valence electrons. The summed E-state index contributed by atoms with van der Waals surface area (Å²) in [7, 11) is -3.62. The lowest BCUT2D eigenvalue weighted by Crippen LogP contribution is -2.57. The van der Waals surface area contributed by atoms with Crippen molar-refractivity contribution in [1.82, 2.24) is 4.90 Å². The van der Waals surface area contributed by atoms with Gasteiger partial charge in [-0.15, -0.1) is 0 Å². The molecule has 0 bridgehead atoms. The molecule has 0 saturated carbocycles. The third kappa shape index (κ3) is 3.65. The second-order valence-corrected chi connectivity index (χ2v) is 8.68. The Labute approximate surface area is 149 Å². The Morgan fingerprint density at radius 3 is 2.52 bits per heavy atom. The van der Waals surface area contributed by atoms with Gasteiger partial charge in [-0.25, -0.2) is 8.42 Å². The van der Waals surface area contributed by atoms with E-state index in [2.05, 4.69) is 0 Å². The van der Waals surface area contributed by atoms with Gasteiger partial charge in [-0.05, 0) is 37.5 Å². The van der Waals surface area contributed by atoms with Gasteiger partial charge in [0.05, 0.1) is 15.5 Å². The molecule has 1 saturated heterocycles. The van der Waals surface area contributed by atoms with Crippen molar-refractivity contribution in [2.24, 2.45) is 0 Å². The van der Waals surface area contributed by atoms with Gasteiger partial charge in [0.25, 0.3) is 5.91 Å². The van der Waals surface area contributed by atoms with Crippen LogP contribution in [0.3, 0.4) is 0 Å². The topological polar surface area (TPSA) is 54.5 Å². The average molecular weight is 398 g/mol. The third-order valence-corrected chi connectivity index (χ3v) is 5.96. The van der Waals surface area contributed by atoms with E-state index in [0.29, 0.717) is 0 Å². The molecule has 0 N–H and O–H groups in total. The maximum Gasteiger partial charge on any atom is 0.411 e. The molecule has 0 aromatic heterocycles. The van der Waals surface area contributed by atoms with Crippen molar-refractivity contribution in [2.75, 3.05) is 12.8 Å². The molecule has 9 heteroatoms. The Balaban J connectivity index is 2.53. The van der Waals surface area contributed by atoms with Crippen LogP contribution in [-0.2, 0) is 9.84 Å². The molecule has 0 spiro atoms. The van der Waals surface area contributed by atoms with E-state index >= 15 is 0 Å². The summed E-state index contributed by atoms with van der Waals surface area (Å²) < 4.78 is 64.7. The van der Waals surface area contributed by atoms with Crippen LogP contribution in [0.4, 0.5) is 13.2 Å². The van der Waals surface area contributed by atoms with Crippen LogP contribution < -0.4 is 0 Å². The quantitative estimate of drug-likeness (QED) is 0.769. The van der Waals surface area contributed by atoms with Gasteiger partial charge in [-0.1, -0.05) is 24.9 Å². The van der Waals surface area contributed by atoms with E-state index in [-0.39, 0.29) is 47.7 Å². The van der Waals surface area contributed by atoms with Crippen molar-refractivity contribution in [3.8, 4) is 0 Å². The molecule has 1 aliphatic heterocycles. The zero-order valence-corrected chi connectivity index (χ0v) is 15.4. The first kappa shape index (κ1) is 20.0. The number of alkyl halides is 3. The highest BCUT2D eigenvalue weighted by Gasteiger charge is 2.61. The largest absolute Gasteiger partial charge is 0.411 e. The van der Waals surface area contributed by atoms with E-state index in [4.69, 9.17) is 11.6 Å². The summed E-state index contributed by atoms with van der Waals surface area (Å²) in [6.07, 6.45) is -3.49. The molecule has 1 aromatic carbocycles. The number of benzene rings is 1. The SMILES string of the molecule is CCC[C@@]1(C(F)(F)F)CCCN1C(=O)c1cc(S(C)(=O)=O)ccc1Cl. The van der Waals surface area contributed by atoms with Crippen molar-refractivity contribution in [2.45, 2.75) is 49.2 Å². The van der Waals surface area contributed by atoms with Crippen LogP contribution in [0.5, 0.6) is 0 Å². The Kier molecular flexibility index (Phi) is 5.45. The molecule has 0 radical (unpaired) electrons. The summed E-state index contributed by atoms with van der Waals surface area (Å²) in [5.41, 5.74) is -2.46. The predicted molar refractivity (Wildman–Crippen MR) is 88.5 cm³/mol. The number of nitrogens with zero attached hydrogens (tertiary/aromatic N) is 1. The number of carbonyl (C=O) groups is 1. The summed E-state index contributed by atoms with van der Waals surface area (Å²) in [6.45, 7) is 1.59. The first-order chi connectivity index (χ1) is 11.4. The minimum atomic E-state index is -4.57. The zero-order chi connectivity index (χ0) is 19.0. The van der Waals surface area contributed by atoms with E-state index in [1.165, 1.54) is 12.1 Å². The monoisotopic (exact) mass is 397 g/mol. The molecule has 2 rings (SSSR count). The van der Waals surface area contributed by atoms with E-state index < -0.39 is 27.5 Å². The molecule has 1 heterocycles. The average Bonchev–Trinajstić information content (AvgIpc) is 2.91. The molecule has 1 fully saturated rings. The normalized spacial score (nSPS) is 21.6. The number of sulfone groups is 1. The maximum atomic E-state index is 13.8. The highest BCUT2D eigenvalue weighted by molar-refractivity contribution is 7.90. The van der Waals surface area contributed by atoms with Crippen molar-refractivity contribution < 1.29 is 26.4 Å². The number of carbonyl (C=O) groups excluding carboxylic acids is 1. The van der Waals surface area contributed by atoms with Gasteiger partial charge in [0, 0.05) is 12.8 Å². The van der Waals surface area contributed by atoms with E-state index in [0.717, 1.165) is 17.2 Å². The fourth-order valence-corrected chi connectivity index (χ4v) is 4.17. The maximum absolute atomic E-state index is 13.8. The molecular formula is C16H19ClF3NO3S. The number of hydrogen-bond donors (Lipinski definition) is 0. The highest BCUT2D eigenvalue weighted by atomic mass is 35.5. The second kappa shape index (κ2) is 6.79. The summed E-state index contributed by atoms with van der Waals surface area (Å²) in [5.74, 6) is -0.890. The fraction of sp³-hybridized carbons (Fsp3) is 0.562. The lowest BCUT2D eigenvalue weighted by molar-refractivity contribution is -0.217. The minimum absolute atomic E-state index is 0.0439. The van der Waals surface area contributed by atoms with Gasteiger partial charge in [0.15, 0.2) is 9.84 Å². The first-order valence-corrected chi connectivity index (χ1v) is 10.1. The molecular weight excluding hydrogens is 379 g/mol. The molecule has 0 aliphatic carbocycles. The fourth-order valence-electron chi connectivity index (χ4n) is 3.33. The number of rotatable bonds is 4. The van der Waals surface area contributed by atoms with Crippen LogP contribution in [0.15, 0.2) is 23.1 Å². The van der Waals surface area contributed by atoms with E-state index in [9.17, 15) is 26.4 Å². The number of hydrogen-bond acceptors (Lipinski definition) is 3. The number of halogens is 4. The second-order valence-electron chi connectivity index (χ2n) is 6.25. The molecule has 1 aromatic rings. The van der Waals surface area contributed by atoms with Gasteiger partial charge in [0.1, 0.15) is 5.54 Å². The first-order valence-electron chi connectivity index (χ1n) is 7.82. The summed E-state index contributed by atoms with van der Waals surface area (Å²) in [6, 6.07) is 3.49. The zero-order valence-electron chi connectivity index (χ0n) is 13.9. The number of likely N-dealkylation sites (tertiary alicyclic amines) is 1. The van der Waals surface area contributed by atoms with E-state index in [1.54, 1.807) is 6.92 Å². The Morgan fingerprint density at radius 1 is 1.36 bits per heavy atom. The van der Waals surface area contributed by atoms with Crippen molar-refractivity contribution in [3.05, 3.63) is 28.8 Å². The molecule has 25 heavy (non-hydrogen) atoms. The van der Waals surface area contributed by atoms with Gasteiger partial charge in [0.2, 0.25) is 0 Å². The van der Waals surface area contributed by atoms with Gasteiger partial charge in [-0.3, -0.25) is 4.79 Å². The highest BCUT2D eigenvalue weighted by Crippen LogP contribution is 2.47. The predicted octanol–water partition coefficient (Wildman–Crippen LogP) is 4.08. The number of amides is 1. The summed E-state index contributed by atoms with van der Waals surface area (Å²) >= 11 is 5.98.